The van der Waals surface area contributed by atoms with Gasteiger partial charge < -0.3 is 10.2 Å². The summed E-state index contributed by atoms with van der Waals surface area (Å²) < 4.78 is 0. The fourth-order valence-corrected chi connectivity index (χ4v) is 3.55. The monoisotopic (exact) mass is 286 g/mol. The molecule has 0 fully saturated rings. The van der Waals surface area contributed by atoms with Crippen molar-refractivity contribution in [3.05, 3.63) is 51.7 Å². The predicted molar refractivity (Wildman–Crippen MR) is 87.8 cm³/mol. The number of rotatable bonds is 5. The summed E-state index contributed by atoms with van der Waals surface area (Å²) in [6.45, 7) is 3.21. The van der Waals surface area contributed by atoms with Gasteiger partial charge in [0.05, 0.1) is 0 Å². The first-order valence-corrected chi connectivity index (χ1v) is 8.32. The van der Waals surface area contributed by atoms with Crippen molar-refractivity contribution < 1.29 is 0 Å². The zero-order valence-electron chi connectivity index (χ0n) is 12.1. The smallest absolute Gasteiger partial charge is 0.0396 e. The van der Waals surface area contributed by atoms with Crippen LogP contribution < -0.4 is 10.2 Å². The van der Waals surface area contributed by atoms with E-state index in [1.54, 1.807) is 11.3 Å². The molecule has 1 aromatic carbocycles. The van der Waals surface area contributed by atoms with Gasteiger partial charge in [-0.3, -0.25) is 0 Å². The molecule has 2 aromatic rings. The van der Waals surface area contributed by atoms with Gasteiger partial charge in [-0.05, 0) is 65.4 Å². The summed E-state index contributed by atoms with van der Waals surface area (Å²) in [5.74, 6) is 0. The second-order valence-electron chi connectivity index (χ2n) is 5.55. The summed E-state index contributed by atoms with van der Waals surface area (Å²) in [4.78, 5) is 2.37. The molecular formula is C17H22N2S. The van der Waals surface area contributed by atoms with Crippen LogP contribution in [-0.2, 0) is 19.4 Å². The molecular weight excluding hydrogens is 264 g/mol. The van der Waals surface area contributed by atoms with E-state index in [-0.39, 0.29) is 0 Å². The van der Waals surface area contributed by atoms with Gasteiger partial charge in [0.25, 0.3) is 0 Å². The molecule has 0 atom stereocenters. The van der Waals surface area contributed by atoms with Gasteiger partial charge in [0.1, 0.15) is 0 Å². The molecule has 0 aliphatic carbocycles. The zero-order valence-corrected chi connectivity index (χ0v) is 12.9. The maximum atomic E-state index is 3.55. The van der Waals surface area contributed by atoms with Gasteiger partial charge in [0.15, 0.2) is 0 Å². The van der Waals surface area contributed by atoms with E-state index in [4.69, 9.17) is 0 Å². The van der Waals surface area contributed by atoms with Crippen molar-refractivity contribution in [2.45, 2.75) is 25.8 Å². The molecule has 1 aliphatic rings. The van der Waals surface area contributed by atoms with Crippen LogP contribution in [-0.4, -0.2) is 20.1 Å². The number of nitrogens with one attached hydrogen (secondary N) is 1. The Kier molecular flexibility index (Phi) is 4.38. The molecule has 0 saturated carbocycles. The normalized spacial score (nSPS) is 14.3. The Morgan fingerprint density at radius 2 is 2.20 bits per heavy atom. The minimum atomic E-state index is 0.973. The first kappa shape index (κ1) is 13.7. The molecule has 0 spiro atoms. The van der Waals surface area contributed by atoms with Gasteiger partial charge in [0.2, 0.25) is 0 Å². The summed E-state index contributed by atoms with van der Waals surface area (Å²) in [6.07, 6.45) is 3.62. The molecule has 1 aliphatic heterocycles. The summed E-state index contributed by atoms with van der Waals surface area (Å²) in [5, 5.41) is 7.93. The van der Waals surface area contributed by atoms with Crippen LogP contribution in [0.3, 0.4) is 0 Å². The van der Waals surface area contributed by atoms with Crippen molar-refractivity contribution in [2.75, 3.05) is 25.0 Å². The number of aryl methyl sites for hydroxylation is 1. The lowest BCUT2D eigenvalue weighted by atomic mass is 9.99. The Morgan fingerprint density at radius 3 is 3.05 bits per heavy atom. The van der Waals surface area contributed by atoms with Gasteiger partial charge >= 0.3 is 0 Å². The van der Waals surface area contributed by atoms with E-state index < -0.39 is 0 Å². The van der Waals surface area contributed by atoms with Crippen molar-refractivity contribution in [3.63, 3.8) is 0 Å². The van der Waals surface area contributed by atoms with Gasteiger partial charge in [-0.2, -0.15) is 11.3 Å². The van der Waals surface area contributed by atoms with Crippen LogP contribution in [0, 0.1) is 0 Å². The third-order valence-electron chi connectivity index (χ3n) is 3.99. The second kappa shape index (κ2) is 6.42. The number of hydrogen-bond donors (Lipinski definition) is 1. The average molecular weight is 286 g/mol. The standard InChI is InChI=1S/C17H22N2S/c1-19-9-2-3-16-11-15(4-5-17(16)19)12-18-8-6-14-7-10-20-13-14/h4-5,7,10-11,13,18H,2-3,6,8-9,12H2,1H3. The van der Waals surface area contributed by atoms with E-state index in [2.05, 4.69) is 52.3 Å². The largest absolute Gasteiger partial charge is 0.374 e. The minimum Gasteiger partial charge on any atom is -0.374 e. The lowest BCUT2D eigenvalue weighted by Gasteiger charge is -2.27. The Labute approximate surface area is 125 Å². The van der Waals surface area contributed by atoms with Crippen LogP contribution in [0.25, 0.3) is 0 Å². The average Bonchev–Trinajstić information content (AvgIpc) is 2.97. The Bertz CT molecular complexity index is 548. The summed E-state index contributed by atoms with van der Waals surface area (Å²) in [7, 11) is 2.19. The summed E-state index contributed by atoms with van der Waals surface area (Å²) in [5.41, 5.74) is 5.77. The molecule has 3 rings (SSSR count). The molecule has 0 radical (unpaired) electrons. The third kappa shape index (κ3) is 3.22. The van der Waals surface area contributed by atoms with E-state index in [9.17, 15) is 0 Å². The molecule has 2 heterocycles. The molecule has 0 saturated heterocycles. The zero-order chi connectivity index (χ0) is 13.8. The van der Waals surface area contributed by atoms with E-state index in [0.717, 1.165) is 19.5 Å². The molecule has 20 heavy (non-hydrogen) atoms. The SMILES string of the molecule is CN1CCCc2cc(CNCCc3ccsc3)ccc21. The maximum absolute atomic E-state index is 3.55. The fourth-order valence-electron chi connectivity index (χ4n) is 2.85. The molecule has 106 valence electrons. The number of hydrogen-bond acceptors (Lipinski definition) is 3. The van der Waals surface area contributed by atoms with E-state index in [1.165, 1.54) is 41.8 Å². The van der Waals surface area contributed by atoms with Crippen LogP contribution in [0.15, 0.2) is 35.0 Å². The molecule has 0 amide bonds. The van der Waals surface area contributed by atoms with Crippen molar-refractivity contribution in [1.82, 2.24) is 5.32 Å². The molecule has 0 unspecified atom stereocenters. The van der Waals surface area contributed by atoms with E-state index in [1.807, 2.05) is 0 Å². The van der Waals surface area contributed by atoms with E-state index in [0.29, 0.717) is 0 Å². The molecule has 3 heteroatoms. The lowest BCUT2D eigenvalue weighted by molar-refractivity contribution is 0.684. The van der Waals surface area contributed by atoms with Crippen molar-refractivity contribution >= 4 is 17.0 Å². The molecule has 1 aromatic heterocycles. The third-order valence-corrected chi connectivity index (χ3v) is 4.73. The van der Waals surface area contributed by atoms with Gasteiger partial charge in [-0.25, -0.2) is 0 Å². The van der Waals surface area contributed by atoms with Crippen molar-refractivity contribution in [2.24, 2.45) is 0 Å². The van der Waals surface area contributed by atoms with Crippen LogP contribution >= 0.6 is 11.3 Å². The lowest BCUT2D eigenvalue weighted by Crippen LogP contribution is -2.25. The first-order chi connectivity index (χ1) is 9.83. The molecule has 1 N–H and O–H groups in total. The molecule has 0 bridgehead atoms. The number of nitrogens with zero attached hydrogens (tertiary/aromatic N) is 1. The second-order valence-corrected chi connectivity index (χ2v) is 6.33. The van der Waals surface area contributed by atoms with Crippen LogP contribution in [0.2, 0.25) is 0 Å². The highest BCUT2D eigenvalue weighted by Crippen LogP contribution is 2.26. The minimum absolute atomic E-state index is 0.973. The number of thiophene rings is 1. The maximum Gasteiger partial charge on any atom is 0.0396 e. The Hall–Kier alpha value is -1.32. The number of anilines is 1. The van der Waals surface area contributed by atoms with Gasteiger partial charge in [0, 0.05) is 25.8 Å². The van der Waals surface area contributed by atoms with Gasteiger partial charge in [-0.15, -0.1) is 0 Å². The quantitative estimate of drug-likeness (QED) is 0.847. The topological polar surface area (TPSA) is 15.3 Å². The van der Waals surface area contributed by atoms with Crippen LogP contribution in [0.5, 0.6) is 0 Å². The van der Waals surface area contributed by atoms with Crippen LogP contribution in [0.4, 0.5) is 5.69 Å². The summed E-state index contributed by atoms with van der Waals surface area (Å²) in [6, 6.07) is 9.13. The van der Waals surface area contributed by atoms with Gasteiger partial charge in [-0.1, -0.05) is 12.1 Å². The van der Waals surface area contributed by atoms with Crippen LogP contribution in [0.1, 0.15) is 23.1 Å². The molecule has 2 nitrogen and oxygen atoms in total. The summed E-state index contributed by atoms with van der Waals surface area (Å²) >= 11 is 1.78. The highest BCUT2D eigenvalue weighted by atomic mass is 32.1. The number of fused-ring (bicyclic) bond motifs is 1. The highest BCUT2D eigenvalue weighted by Gasteiger charge is 2.13. The Balaban J connectivity index is 1.53. The van der Waals surface area contributed by atoms with Crippen molar-refractivity contribution in [3.8, 4) is 0 Å². The first-order valence-electron chi connectivity index (χ1n) is 7.37. The predicted octanol–water partition coefficient (Wildman–Crippen LogP) is 3.46. The van der Waals surface area contributed by atoms with Crippen molar-refractivity contribution in [1.29, 1.82) is 0 Å². The number of benzene rings is 1. The fraction of sp³-hybridized carbons (Fsp3) is 0.412. The Morgan fingerprint density at radius 1 is 1.25 bits per heavy atom. The van der Waals surface area contributed by atoms with E-state index >= 15 is 0 Å². The highest BCUT2D eigenvalue weighted by molar-refractivity contribution is 7.07.